The van der Waals surface area contributed by atoms with Crippen LogP contribution < -0.4 is 10.2 Å². The summed E-state index contributed by atoms with van der Waals surface area (Å²) in [7, 11) is -7.29. The summed E-state index contributed by atoms with van der Waals surface area (Å²) in [5.41, 5.74) is -0.0643. The summed E-state index contributed by atoms with van der Waals surface area (Å²) >= 11 is 0. The Kier molecular flexibility index (Phi) is 14.5. The monoisotopic (exact) mass is 704 g/mol. The van der Waals surface area contributed by atoms with Crippen molar-refractivity contribution in [2.24, 2.45) is 0 Å². The van der Waals surface area contributed by atoms with Crippen molar-refractivity contribution in [2.75, 3.05) is 35.9 Å². The third kappa shape index (κ3) is 15.5. The molecule has 47 heavy (non-hydrogen) atoms. The molecular formula is C27H36N4O14S2. The summed E-state index contributed by atoms with van der Waals surface area (Å²) in [5, 5.41) is 24.2. The highest BCUT2D eigenvalue weighted by Crippen LogP contribution is 2.27. The summed E-state index contributed by atoms with van der Waals surface area (Å²) in [6, 6.07) is 7.45. The fourth-order valence-corrected chi connectivity index (χ4v) is 4.48. The zero-order valence-corrected chi connectivity index (χ0v) is 28.3. The number of amides is 3. The SMILES string of the molecule is CC(=O)N(C(C)=O)c1ccc([N+](=O)[O-])cc1CCOS(C)(=O)=O.CC(C)(C)OC(=O)Nc1ccc([N+](=O)[O-])cc1CCOS(C)(=O)=O. The standard InChI is InChI=1S/C14H20N2O7S.C13H16N2O7S/c1-14(2,3)23-13(17)15-12-6-5-11(16(18)19)9-10(12)7-8-22-24(4,20)21;1-9(16)14(10(2)17)13-5-4-12(15(18)19)8-11(13)6-7-22-23(3,20)21/h5-6,9H,7-8H2,1-4H3,(H,15,17);4-5,8H,6-7H2,1-3H3. The summed E-state index contributed by atoms with van der Waals surface area (Å²) in [6.07, 6.45) is 1.08. The van der Waals surface area contributed by atoms with Gasteiger partial charge in [0, 0.05) is 43.8 Å². The van der Waals surface area contributed by atoms with Crippen molar-refractivity contribution in [1.29, 1.82) is 0 Å². The first kappa shape index (κ1) is 40.5. The van der Waals surface area contributed by atoms with Crippen molar-refractivity contribution >= 4 is 60.9 Å². The Morgan fingerprint density at radius 3 is 1.62 bits per heavy atom. The highest BCUT2D eigenvalue weighted by Gasteiger charge is 2.22. The van der Waals surface area contributed by atoms with Gasteiger partial charge in [-0.05, 0) is 56.9 Å². The normalized spacial score (nSPS) is 11.5. The lowest BCUT2D eigenvalue weighted by molar-refractivity contribution is -0.385. The summed E-state index contributed by atoms with van der Waals surface area (Å²) < 4.78 is 58.3. The Balaban J connectivity index is 0.000000470. The van der Waals surface area contributed by atoms with Crippen molar-refractivity contribution in [2.45, 2.75) is 53.1 Å². The number of non-ortho nitro benzene ring substituents is 2. The minimum absolute atomic E-state index is 0.0266. The number of ether oxygens (including phenoxy) is 1. The molecular weight excluding hydrogens is 668 g/mol. The second kappa shape index (κ2) is 16.9. The van der Waals surface area contributed by atoms with E-state index in [1.54, 1.807) is 20.8 Å². The predicted molar refractivity (Wildman–Crippen MR) is 169 cm³/mol. The minimum atomic E-state index is -3.67. The maximum Gasteiger partial charge on any atom is 0.412 e. The molecule has 0 bridgehead atoms. The van der Waals surface area contributed by atoms with Gasteiger partial charge in [-0.15, -0.1) is 0 Å². The largest absolute Gasteiger partial charge is 0.444 e. The van der Waals surface area contributed by atoms with Gasteiger partial charge in [0.1, 0.15) is 5.60 Å². The van der Waals surface area contributed by atoms with Crippen LogP contribution in [0, 0.1) is 20.2 Å². The lowest BCUT2D eigenvalue weighted by atomic mass is 10.1. The average molecular weight is 705 g/mol. The van der Waals surface area contributed by atoms with E-state index in [0.717, 1.165) is 23.5 Å². The molecule has 20 heteroatoms. The fourth-order valence-electron chi connectivity index (χ4n) is 3.71. The molecule has 0 aliphatic carbocycles. The quantitative estimate of drug-likeness (QED) is 0.189. The number of nitro benzene ring substituents is 2. The van der Waals surface area contributed by atoms with Crippen LogP contribution in [0.1, 0.15) is 45.7 Å². The predicted octanol–water partition coefficient (Wildman–Crippen LogP) is 3.47. The Bertz CT molecular complexity index is 1700. The molecule has 0 heterocycles. The number of carbonyl (C=O) groups is 3. The lowest BCUT2D eigenvalue weighted by Crippen LogP contribution is -2.34. The number of benzene rings is 2. The van der Waals surface area contributed by atoms with Gasteiger partial charge in [-0.2, -0.15) is 16.8 Å². The highest BCUT2D eigenvalue weighted by molar-refractivity contribution is 7.86. The van der Waals surface area contributed by atoms with E-state index in [2.05, 4.69) is 13.7 Å². The van der Waals surface area contributed by atoms with Crippen molar-refractivity contribution in [3.8, 4) is 0 Å². The number of anilines is 2. The molecule has 0 aromatic heterocycles. The zero-order valence-electron chi connectivity index (χ0n) is 26.7. The molecule has 260 valence electrons. The first-order valence-corrected chi connectivity index (χ1v) is 17.1. The van der Waals surface area contributed by atoms with Gasteiger partial charge in [0.2, 0.25) is 11.8 Å². The second-order valence-corrected chi connectivity index (χ2v) is 14.0. The zero-order chi connectivity index (χ0) is 36.3. The maximum atomic E-state index is 11.8. The first-order valence-electron chi connectivity index (χ1n) is 13.4. The van der Waals surface area contributed by atoms with Crippen LogP contribution in [0.2, 0.25) is 0 Å². The van der Waals surface area contributed by atoms with Crippen LogP contribution in [-0.2, 0) is 55.8 Å². The number of hydrogen-bond acceptors (Lipinski definition) is 14. The molecule has 0 aliphatic heterocycles. The molecule has 2 aromatic carbocycles. The average Bonchev–Trinajstić information content (AvgIpc) is 2.87. The van der Waals surface area contributed by atoms with Gasteiger partial charge in [0.05, 0.1) is 41.3 Å². The molecule has 0 spiro atoms. The van der Waals surface area contributed by atoms with Gasteiger partial charge in [0.15, 0.2) is 0 Å². The molecule has 0 saturated heterocycles. The van der Waals surface area contributed by atoms with E-state index in [4.69, 9.17) is 4.74 Å². The van der Waals surface area contributed by atoms with Gasteiger partial charge >= 0.3 is 6.09 Å². The van der Waals surface area contributed by atoms with Crippen LogP contribution in [-0.4, -0.2) is 75.9 Å². The van der Waals surface area contributed by atoms with E-state index in [1.807, 2.05) is 0 Å². The van der Waals surface area contributed by atoms with Crippen LogP contribution in [0.4, 0.5) is 27.5 Å². The van der Waals surface area contributed by atoms with E-state index in [0.29, 0.717) is 5.56 Å². The van der Waals surface area contributed by atoms with Crippen LogP contribution in [0.25, 0.3) is 0 Å². The molecule has 3 amide bonds. The Hall–Kier alpha value is -4.53. The maximum absolute atomic E-state index is 11.8. The van der Waals surface area contributed by atoms with Gasteiger partial charge in [-0.1, -0.05) is 0 Å². The van der Waals surface area contributed by atoms with E-state index >= 15 is 0 Å². The number of nitrogens with one attached hydrogen (secondary N) is 1. The summed E-state index contributed by atoms with van der Waals surface area (Å²) in [4.78, 5) is 56.5. The summed E-state index contributed by atoms with van der Waals surface area (Å²) in [5.74, 6) is -1.12. The third-order valence-corrected chi connectivity index (χ3v) is 6.61. The van der Waals surface area contributed by atoms with Crippen LogP contribution >= 0.6 is 0 Å². The van der Waals surface area contributed by atoms with Gasteiger partial charge in [-0.3, -0.25) is 48.4 Å². The fraction of sp³-hybridized carbons (Fsp3) is 0.444. The molecule has 0 atom stereocenters. The van der Waals surface area contributed by atoms with Crippen LogP contribution in [0.15, 0.2) is 36.4 Å². The van der Waals surface area contributed by atoms with Crippen molar-refractivity contribution < 1.29 is 54.2 Å². The number of hydrogen-bond donors (Lipinski definition) is 1. The van der Waals surface area contributed by atoms with Crippen LogP contribution in [0.5, 0.6) is 0 Å². The molecule has 0 saturated carbocycles. The second-order valence-electron chi connectivity index (χ2n) is 10.7. The highest BCUT2D eigenvalue weighted by atomic mass is 32.2. The molecule has 2 aromatic rings. The molecule has 2 rings (SSSR count). The molecule has 0 unspecified atom stereocenters. The number of nitro groups is 2. The van der Waals surface area contributed by atoms with E-state index in [-0.39, 0.29) is 54.4 Å². The Labute approximate surface area is 271 Å². The smallest absolute Gasteiger partial charge is 0.412 e. The van der Waals surface area contributed by atoms with Gasteiger partial charge < -0.3 is 4.74 Å². The van der Waals surface area contributed by atoms with E-state index < -0.39 is 53.6 Å². The molecule has 1 N–H and O–H groups in total. The molecule has 18 nitrogen and oxygen atoms in total. The number of nitrogens with zero attached hydrogens (tertiary/aromatic N) is 3. The van der Waals surface area contributed by atoms with E-state index in [1.165, 1.54) is 44.2 Å². The van der Waals surface area contributed by atoms with Crippen molar-refractivity contribution in [3.05, 3.63) is 67.8 Å². The number of rotatable bonds is 12. The lowest BCUT2D eigenvalue weighted by Gasteiger charge is -2.20. The third-order valence-electron chi connectivity index (χ3n) is 5.42. The van der Waals surface area contributed by atoms with Crippen molar-refractivity contribution in [3.63, 3.8) is 0 Å². The number of imide groups is 1. The topological polar surface area (TPSA) is 249 Å². The van der Waals surface area contributed by atoms with E-state index in [9.17, 15) is 51.4 Å². The molecule has 0 aliphatic rings. The first-order chi connectivity index (χ1) is 21.4. The Morgan fingerprint density at radius 2 is 1.21 bits per heavy atom. The number of carbonyl (C=O) groups excluding carboxylic acids is 3. The molecule has 0 radical (unpaired) electrons. The summed E-state index contributed by atoms with van der Waals surface area (Å²) in [6.45, 7) is 6.98. The Morgan fingerprint density at radius 1 is 0.787 bits per heavy atom. The van der Waals surface area contributed by atoms with Gasteiger partial charge in [-0.25, -0.2) is 4.79 Å². The van der Waals surface area contributed by atoms with Crippen molar-refractivity contribution in [1.82, 2.24) is 0 Å². The van der Waals surface area contributed by atoms with Crippen LogP contribution in [0.3, 0.4) is 0 Å². The van der Waals surface area contributed by atoms with Gasteiger partial charge in [0.25, 0.3) is 31.6 Å². The molecule has 0 fully saturated rings. The minimum Gasteiger partial charge on any atom is -0.444 e.